The lowest BCUT2D eigenvalue weighted by Gasteiger charge is -2.16. The summed E-state index contributed by atoms with van der Waals surface area (Å²) in [6, 6.07) is 1.17. The minimum Gasteiger partial charge on any atom is -0.357 e. The highest BCUT2D eigenvalue weighted by Crippen LogP contribution is 2.22. The summed E-state index contributed by atoms with van der Waals surface area (Å²) in [6.45, 7) is 3.40. The molecule has 1 aliphatic rings. The number of pyridine rings is 1. The fraction of sp³-hybridized carbons (Fsp3) is 0.500. The van der Waals surface area contributed by atoms with Crippen molar-refractivity contribution >= 4 is 16.4 Å². The number of aromatic nitrogens is 1. The van der Waals surface area contributed by atoms with Crippen LogP contribution in [0.3, 0.4) is 0 Å². The number of amides is 1. The molecule has 6 nitrogen and oxygen atoms in total. The molecule has 2 rings (SSSR count). The number of hydrogen-bond donors (Lipinski definition) is 0. The van der Waals surface area contributed by atoms with Gasteiger partial charge in [-0.05, 0) is 18.4 Å². The summed E-state index contributed by atoms with van der Waals surface area (Å²) in [7, 11) is -5.12. The van der Waals surface area contributed by atoms with E-state index in [9.17, 15) is 17.1 Å². The second-order valence-corrected chi connectivity index (χ2v) is 5.65. The number of carbonyl (C=O) groups excluding carboxylic acids is 1. The van der Waals surface area contributed by atoms with Gasteiger partial charge in [-0.25, -0.2) is 0 Å². The average Bonchev–Trinajstić information content (AvgIpc) is 2.85. The first-order valence-electron chi connectivity index (χ1n) is 6.27. The SMILES string of the molecule is CCC1CCN(C(=O)c2cncc(OS(=O)(=O)F)c2)C1. The van der Waals surface area contributed by atoms with Gasteiger partial charge in [-0.1, -0.05) is 17.2 Å². The van der Waals surface area contributed by atoms with Crippen molar-refractivity contribution in [3.63, 3.8) is 0 Å². The maximum Gasteiger partial charge on any atom is 0.488 e. The maximum absolute atomic E-state index is 12.4. The van der Waals surface area contributed by atoms with E-state index in [2.05, 4.69) is 16.1 Å². The standard InChI is InChI=1S/C12H15FN2O4S/c1-2-9-3-4-15(8-9)12(16)10-5-11(7-14-6-10)19-20(13,17)18/h5-7,9H,2-4,8H2,1H3. The predicted molar refractivity (Wildman–Crippen MR) is 69.2 cm³/mol. The van der Waals surface area contributed by atoms with Gasteiger partial charge in [0.1, 0.15) is 0 Å². The van der Waals surface area contributed by atoms with E-state index in [4.69, 9.17) is 0 Å². The minimum absolute atomic E-state index is 0.183. The molecular weight excluding hydrogens is 287 g/mol. The smallest absolute Gasteiger partial charge is 0.357 e. The lowest BCUT2D eigenvalue weighted by Crippen LogP contribution is -2.28. The van der Waals surface area contributed by atoms with Crippen molar-refractivity contribution in [1.29, 1.82) is 0 Å². The van der Waals surface area contributed by atoms with E-state index < -0.39 is 10.5 Å². The molecule has 1 unspecified atom stereocenters. The molecule has 1 amide bonds. The topological polar surface area (TPSA) is 76.6 Å². The first kappa shape index (κ1) is 14.7. The van der Waals surface area contributed by atoms with Gasteiger partial charge in [-0.2, -0.15) is 8.42 Å². The molecule has 0 bridgehead atoms. The second-order valence-electron chi connectivity index (χ2n) is 4.70. The van der Waals surface area contributed by atoms with Crippen LogP contribution in [0.15, 0.2) is 18.5 Å². The van der Waals surface area contributed by atoms with E-state index in [1.165, 1.54) is 12.3 Å². The van der Waals surface area contributed by atoms with Gasteiger partial charge in [-0.15, -0.1) is 0 Å². The Morgan fingerprint density at radius 3 is 2.90 bits per heavy atom. The highest BCUT2D eigenvalue weighted by molar-refractivity contribution is 7.81. The second kappa shape index (κ2) is 5.74. The molecule has 8 heteroatoms. The Labute approximate surface area is 117 Å². The first-order chi connectivity index (χ1) is 9.39. The number of nitrogens with zero attached hydrogens (tertiary/aromatic N) is 2. The molecule has 1 atom stereocenters. The lowest BCUT2D eigenvalue weighted by atomic mass is 10.1. The molecule has 110 valence electrons. The Hall–Kier alpha value is -1.70. The lowest BCUT2D eigenvalue weighted by molar-refractivity contribution is 0.0786. The van der Waals surface area contributed by atoms with Crippen LogP contribution >= 0.6 is 0 Å². The fourth-order valence-electron chi connectivity index (χ4n) is 2.23. The summed E-state index contributed by atoms with van der Waals surface area (Å²) < 4.78 is 37.3. The molecule has 0 saturated carbocycles. The van der Waals surface area contributed by atoms with Crippen molar-refractivity contribution < 1.29 is 21.3 Å². The van der Waals surface area contributed by atoms with Crippen molar-refractivity contribution in [3.05, 3.63) is 24.0 Å². The third-order valence-corrected chi connectivity index (χ3v) is 3.70. The third kappa shape index (κ3) is 3.66. The minimum atomic E-state index is -5.12. The molecule has 20 heavy (non-hydrogen) atoms. The maximum atomic E-state index is 12.4. The van der Waals surface area contributed by atoms with Crippen molar-refractivity contribution in [2.45, 2.75) is 19.8 Å². The van der Waals surface area contributed by atoms with Crippen molar-refractivity contribution in [2.75, 3.05) is 13.1 Å². The normalized spacial score (nSPS) is 19.1. The molecule has 0 radical (unpaired) electrons. The number of carbonyl (C=O) groups is 1. The number of rotatable bonds is 4. The van der Waals surface area contributed by atoms with E-state index in [1.54, 1.807) is 4.90 Å². The fourth-order valence-corrected chi connectivity index (χ4v) is 2.55. The van der Waals surface area contributed by atoms with Gasteiger partial charge in [0.05, 0.1) is 11.8 Å². The highest BCUT2D eigenvalue weighted by Gasteiger charge is 2.26. The Morgan fingerprint density at radius 2 is 2.30 bits per heavy atom. The van der Waals surface area contributed by atoms with Gasteiger partial charge in [-0.3, -0.25) is 9.78 Å². The zero-order valence-corrected chi connectivity index (χ0v) is 11.8. The van der Waals surface area contributed by atoms with E-state index in [1.807, 2.05) is 0 Å². The molecule has 2 heterocycles. The molecule has 1 aliphatic heterocycles. The molecule has 1 aromatic rings. The van der Waals surface area contributed by atoms with E-state index in [-0.39, 0.29) is 17.2 Å². The van der Waals surface area contributed by atoms with Gasteiger partial charge >= 0.3 is 10.5 Å². The predicted octanol–water partition coefficient (Wildman–Crippen LogP) is 1.55. The Bertz CT molecular complexity index is 605. The quantitative estimate of drug-likeness (QED) is 0.789. The van der Waals surface area contributed by atoms with Crippen LogP contribution in [0.4, 0.5) is 3.89 Å². The molecule has 1 fully saturated rings. The first-order valence-corrected chi connectivity index (χ1v) is 7.58. The van der Waals surface area contributed by atoms with Crippen LogP contribution in [-0.4, -0.2) is 37.3 Å². The summed E-state index contributed by atoms with van der Waals surface area (Å²) >= 11 is 0. The van der Waals surface area contributed by atoms with Crippen LogP contribution in [0, 0.1) is 5.92 Å². The summed E-state index contributed by atoms with van der Waals surface area (Å²) in [6.07, 6.45) is 4.29. The Balaban J connectivity index is 2.13. The molecular formula is C12H15FN2O4S. The summed E-state index contributed by atoms with van der Waals surface area (Å²) in [5.74, 6) is -0.0858. The van der Waals surface area contributed by atoms with Crippen LogP contribution in [0.25, 0.3) is 0 Å². The van der Waals surface area contributed by atoms with E-state index >= 15 is 0 Å². The Morgan fingerprint density at radius 1 is 1.55 bits per heavy atom. The molecule has 1 saturated heterocycles. The summed E-state index contributed by atoms with van der Waals surface area (Å²) in [4.78, 5) is 17.6. The molecule has 0 spiro atoms. The number of halogens is 1. The summed E-state index contributed by atoms with van der Waals surface area (Å²) in [5, 5.41) is 0. The zero-order valence-electron chi connectivity index (χ0n) is 11.0. The van der Waals surface area contributed by atoms with Gasteiger partial charge in [0.25, 0.3) is 5.91 Å². The van der Waals surface area contributed by atoms with E-state index in [0.29, 0.717) is 19.0 Å². The van der Waals surface area contributed by atoms with Crippen LogP contribution in [0.5, 0.6) is 5.75 Å². The highest BCUT2D eigenvalue weighted by atomic mass is 32.3. The average molecular weight is 302 g/mol. The largest absolute Gasteiger partial charge is 0.488 e. The van der Waals surface area contributed by atoms with Crippen LogP contribution in [-0.2, 0) is 10.5 Å². The van der Waals surface area contributed by atoms with Gasteiger partial charge in [0.2, 0.25) is 0 Å². The van der Waals surface area contributed by atoms with Crippen LogP contribution < -0.4 is 4.18 Å². The van der Waals surface area contributed by atoms with Gasteiger partial charge in [0, 0.05) is 19.3 Å². The molecule has 1 aromatic heterocycles. The third-order valence-electron chi connectivity index (χ3n) is 3.31. The van der Waals surface area contributed by atoms with Crippen molar-refractivity contribution in [2.24, 2.45) is 5.92 Å². The van der Waals surface area contributed by atoms with Crippen molar-refractivity contribution in [1.82, 2.24) is 9.88 Å². The van der Waals surface area contributed by atoms with Gasteiger partial charge in [0.15, 0.2) is 5.75 Å². The van der Waals surface area contributed by atoms with Gasteiger partial charge < -0.3 is 9.08 Å². The molecule has 0 aromatic carbocycles. The molecule has 0 aliphatic carbocycles. The molecule has 0 N–H and O–H groups in total. The Kier molecular flexibility index (Phi) is 4.22. The summed E-state index contributed by atoms with van der Waals surface area (Å²) in [5.41, 5.74) is 0.183. The number of likely N-dealkylation sites (tertiary alicyclic amines) is 1. The van der Waals surface area contributed by atoms with Crippen LogP contribution in [0.1, 0.15) is 30.1 Å². The van der Waals surface area contributed by atoms with Crippen LogP contribution in [0.2, 0.25) is 0 Å². The monoisotopic (exact) mass is 302 g/mol. The van der Waals surface area contributed by atoms with E-state index in [0.717, 1.165) is 19.0 Å². The zero-order chi connectivity index (χ0) is 14.8. The van der Waals surface area contributed by atoms with Crippen molar-refractivity contribution in [3.8, 4) is 5.75 Å². The number of hydrogen-bond acceptors (Lipinski definition) is 5.